The Hall–Kier alpha value is -1.67. The standard InChI is InChI=1S/C23H34F3N5/c1-16(2)18-11-20(23(24,25)26)31-21(27-18)12-19(28-31)17-7-10-30(13-17)15-22(3,4)14-29-8-5-6-9-29/h11-12,16-17H,5-10,13-15H2,1-4H3/t17-/m0/s1. The molecule has 0 bridgehead atoms. The van der Waals surface area contributed by atoms with Gasteiger partial charge in [0.25, 0.3) is 0 Å². The van der Waals surface area contributed by atoms with E-state index in [1.165, 1.54) is 25.9 Å². The monoisotopic (exact) mass is 437 g/mol. The first-order valence-electron chi connectivity index (χ1n) is 11.4. The van der Waals surface area contributed by atoms with Gasteiger partial charge in [-0.3, -0.25) is 0 Å². The van der Waals surface area contributed by atoms with Crippen LogP contribution < -0.4 is 0 Å². The van der Waals surface area contributed by atoms with E-state index in [4.69, 9.17) is 0 Å². The molecule has 0 N–H and O–H groups in total. The molecule has 0 amide bonds. The molecule has 0 spiro atoms. The van der Waals surface area contributed by atoms with Crippen LogP contribution in [0.4, 0.5) is 13.2 Å². The normalized spacial score (nSPS) is 21.7. The second-order valence-electron chi connectivity index (χ2n) is 10.4. The van der Waals surface area contributed by atoms with E-state index in [9.17, 15) is 13.2 Å². The SMILES string of the molecule is CC(C)c1cc(C(F)(F)F)n2nc([C@H]3CCN(CC(C)(C)CN4CCCC4)C3)cc2n1. The average molecular weight is 438 g/mol. The van der Waals surface area contributed by atoms with Crippen molar-refractivity contribution in [3.8, 4) is 0 Å². The molecule has 0 aliphatic carbocycles. The molecule has 4 rings (SSSR count). The van der Waals surface area contributed by atoms with Crippen molar-refractivity contribution >= 4 is 5.65 Å². The highest BCUT2D eigenvalue weighted by Gasteiger charge is 2.37. The quantitative estimate of drug-likeness (QED) is 0.652. The maximum Gasteiger partial charge on any atom is 0.433 e. The molecule has 4 heterocycles. The summed E-state index contributed by atoms with van der Waals surface area (Å²) in [7, 11) is 0. The fraction of sp³-hybridized carbons (Fsp3) is 0.739. The molecule has 5 nitrogen and oxygen atoms in total. The van der Waals surface area contributed by atoms with Crippen molar-refractivity contribution in [1.82, 2.24) is 24.4 Å². The van der Waals surface area contributed by atoms with Crippen LogP contribution in [0.1, 0.15) is 75.9 Å². The third-order valence-corrected chi connectivity index (χ3v) is 6.54. The molecule has 172 valence electrons. The Balaban J connectivity index is 1.50. The minimum Gasteiger partial charge on any atom is -0.303 e. The predicted molar refractivity (Wildman–Crippen MR) is 115 cm³/mol. The van der Waals surface area contributed by atoms with E-state index < -0.39 is 11.9 Å². The van der Waals surface area contributed by atoms with Crippen LogP contribution in [0.15, 0.2) is 12.1 Å². The number of likely N-dealkylation sites (tertiary alicyclic amines) is 2. The first kappa shape index (κ1) is 22.5. The fourth-order valence-corrected chi connectivity index (χ4v) is 5.13. The molecular weight excluding hydrogens is 403 g/mol. The molecule has 2 aliphatic heterocycles. The fourth-order valence-electron chi connectivity index (χ4n) is 5.13. The molecule has 31 heavy (non-hydrogen) atoms. The summed E-state index contributed by atoms with van der Waals surface area (Å²) in [5.41, 5.74) is 0.909. The summed E-state index contributed by atoms with van der Waals surface area (Å²) in [6.07, 6.45) is -0.956. The van der Waals surface area contributed by atoms with Crippen LogP contribution in [-0.2, 0) is 6.18 Å². The molecule has 0 radical (unpaired) electrons. The molecule has 2 aliphatic rings. The zero-order chi connectivity index (χ0) is 22.4. The van der Waals surface area contributed by atoms with Crippen molar-refractivity contribution in [1.29, 1.82) is 0 Å². The highest BCUT2D eigenvalue weighted by atomic mass is 19.4. The first-order valence-corrected chi connectivity index (χ1v) is 11.4. The van der Waals surface area contributed by atoms with Gasteiger partial charge in [0.2, 0.25) is 0 Å². The Morgan fingerprint density at radius 3 is 2.35 bits per heavy atom. The molecule has 2 aromatic heterocycles. The number of aromatic nitrogens is 3. The smallest absolute Gasteiger partial charge is 0.303 e. The molecule has 0 unspecified atom stereocenters. The summed E-state index contributed by atoms with van der Waals surface area (Å²) in [6, 6.07) is 2.89. The molecule has 0 saturated carbocycles. The summed E-state index contributed by atoms with van der Waals surface area (Å²) in [4.78, 5) is 9.45. The predicted octanol–water partition coefficient (Wildman–Crippen LogP) is 4.78. The van der Waals surface area contributed by atoms with Crippen LogP contribution in [0.2, 0.25) is 0 Å². The topological polar surface area (TPSA) is 36.7 Å². The molecular formula is C23H34F3N5. The van der Waals surface area contributed by atoms with Crippen LogP contribution in [-0.4, -0.2) is 63.7 Å². The third-order valence-electron chi connectivity index (χ3n) is 6.54. The van der Waals surface area contributed by atoms with Gasteiger partial charge in [-0.2, -0.15) is 18.3 Å². The number of halogens is 3. The van der Waals surface area contributed by atoms with Crippen molar-refractivity contribution < 1.29 is 13.2 Å². The molecule has 2 fully saturated rings. The molecule has 1 atom stereocenters. The Morgan fingerprint density at radius 2 is 1.71 bits per heavy atom. The van der Waals surface area contributed by atoms with Crippen LogP contribution in [0.25, 0.3) is 5.65 Å². The first-order chi connectivity index (χ1) is 14.5. The highest BCUT2D eigenvalue weighted by molar-refractivity contribution is 5.44. The lowest BCUT2D eigenvalue weighted by molar-refractivity contribution is -0.142. The van der Waals surface area contributed by atoms with Crippen LogP contribution in [0.5, 0.6) is 0 Å². The second-order valence-corrected chi connectivity index (χ2v) is 10.4. The maximum atomic E-state index is 13.7. The van der Waals surface area contributed by atoms with E-state index in [1.807, 2.05) is 13.8 Å². The van der Waals surface area contributed by atoms with Crippen molar-refractivity contribution in [2.24, 2.45) is 5.41 Å². The zero-order valence-electron chi connectivity index (χ0n) is 19.0. The summed E-state index contributed by atoms with van der Waals surface area (Å²) < 4.78 is 42.0. The van der Waals surface area contributed by atoms with Crippen LogP contribution >= 0.6 is 0 Å². The van der Waals surface area contributed by atoms with Crippen molar-refractivity contribution in [2.75, 3.05) is 39.3 Å². The van der Waals surface area contributed by atoms with E-state index in [0.29, 0.717) is 11.3 Å². The maximum absolute atomic E-state index is 13.7. The van der Waals surface area contributed by atoms with Gasteiger partial charge in [0.1, 0.15) is 5.69 Å². The number of rotatable bonds is 6. The lowest BCUT2D eigenvalue weighted by atomic mass is 9.92. The summed E-state index contributed by atoms with van der Waals surface area (Å²) >= 11 is 0. The zero-order valence-corrected chi connectivity index (χ0v) is 19.0. The van der Waals surface area contributed by atoms with Gasteiger partial charge >= 0.3 is 6.18 Å². The van der Waals surface area contributed by atoms with Crippen LogP contribution in [0, 0.1) is 5.41 Å². The Kier molecular flexibility index (Phi) is 6.07. The van der Waals surface area contributed by atoms with E-state index in [2.05, 4.69) is 33.7 Å². The average Bonchev–Trinajstić information content (AvgIpc) is 3.39. The number of hydrogen-bond acceptors (Lipinski definition) is 4. The van der Waals surface area contributed by atoms with Gasteiger partial charge in [-0.05, 0) is 56.3 Å². The van der Waals surface area contributed by atoms with Gasteiger partial charge in [0.05, 0.1) is 5.69 Å². The number of nitrogens with zero attached hydrogens (tertiary/aromatic N) is 5. The summed E-state index contributed by atoms with van der Waals surface area (Å²) in [5.74, 6) is 0.0668. The summed E-state index contributed by atoms with van der Waals surface area (Å²) in [6.45, 7) is 14.6. The van der Waals surface area contributed by atoms with Gasteiger partial charge in [0, 0.05) is 37.3 Å². The minimum atomic E-state index is -4.46. The summed E-state index contributed by atoms with van der Waals surface area (Å²) in [5, 5.41) is 4.37. The van der Waals surface area contributed by atoms with E-state index in [0.717, 1.165) is 48.9 Å². The van der Waals surface area contributed by atoms with E-state index in [-0.39, 0.29) is 17.3 Å². The number of fused-ring (bicyclic) bond motifs is 1. The second kappa shape index (κ2) is 8.35. The molecule has 2 aromatic rings. The lowest BCUT2D eigenvalue weighted by Crippen LogP contribution is -2.40. The molecule has 2 saturated heterocycles. The van der Waals surface area contributed by atoms with E-state index >= 15 is 0 Å². The molecule has 0 aromatic carbocycles. The van der Waals surface area contributed by atoms with Crippen molar-refractivity contribution in [2.45, 2.75) is 65.0 Å². The number of hydrogen-bond donors (Lipinski definition) is 0. The lowest BCUT2D eigenvalue weighted by Gasteiger charge is -2.33. The van der Waals surface area contributed by atoms with Crippen LogP contribution in [0.3, 0.4) is 0 Å². The minimum absolute atomic E-state index is 0.0794. The van der Waals surface area contributed by atoms with Crippen molar-refractivity contribution in [3.63, 3.8) is 0 Å². The van der Waals surface area contributed by atoms with Gasteiger partial charge in [-0.15, -0.1) is 0 Å². The number of alkyl halides is 3. The van der Waals surface area contributed by atoms with Crippen molar-refractivity contribution in [3.05, 3.63) is 29.2 Å². The Bertz CT molecular complexity index is 912. The largest absolute Gasteiger partial charge is 0.433 e. The third kappa shape index (κ3) is 5.06. The molecule has 8 heteroatoms. The van der Waals surface area contributed by atoms with Gasteiger partial charge in [0.15, 0.2) is 5.65 Å². The van der Waals surface area contributed by atoms with Gasteiger partial charge < -0.3 is 9.80 Å². The van der Waals surface area contributed by atoms with Gasteiger partial charge in [-0.25, -0.2) is 9.50 Å². The Labute approximate surface area is 182 Å². The van der Waals surface area contributed by atoms with Gasteiger partial charge in [-0.1, -0.05) is 27.7 Å². The van der Waals surface area contributed by atoms with E-state index in [1.54, 1.807) is 6.07 Å². The Morgan fingerprint density at radius 1 is 1.03 bits per heavy atom. The highest BCUT2D eigenvalue weighted by Crippen LogP contribution is 2.34.